The molecule has 1 N–H and O–H groups in total. The number of carbonyl (C=O) groups is 3. The number of nitrogens with zero attached hydrogens (tertiary/aromatic N) is 3. The van der Waals surface area contributed by atoms with Crippen molar-refractivity contribution in [3.8, 4) is 11.6 Å². The van der Waals surface area contributed by atoms with Gasteiger partial charge in [-0.2, -0.15) is 0 Å². The first-order chi connectivity index (χ1) is 16.8. The van der Waals surface area contributed by atoms with Gasteiger partial charge in [0.1, 0.15) is 18.1 Å². The number of pyridine rings is 1. The molecule has 0 unspecified atom stereocenters. The lowest BCUT2D eigenvalue weighted by molar-refractivity contribution is -0.127. The maximum Gasteiger partial charge on any atom is 0.294 e. The van der Waals surface area contributed by atoms with E-state index in [4.69, 9.17) is 4.74 Å². The van der Waals surface area contributed by atoms with Crippen LogP contribution in [0.2, 0.25) is 0 Å². The lowest BCUT2D eigenvalue weighted by Gasteiger charge is -2.12. The SMILES string of the molecule is CCOc1ccc(NC(=O)CN2C(=O)SC(=Cc3cc(C)n(-c4cc(C)ccn4)c3C)C2=O)cc1. The molecule has 4 rings (SSSR count). The summed E-state index contributed by atoms with van der Waals surface area (Å²) in [7, 11) is 0. The first-order valence-electron chi connectivity index (χ1n) is 11.2. The summed E-state index contributed by atoms with van der Waals surface area (Å²) in [6, 6.07) is 12.8. The third-order valence-corrected chi connectivity index (χ3v) is 6.42. The summed E-state index contributed by atoms with van der Waals surface area (Å²) in [6.07, 6.45) is 3.46. The molecular weight excluding hydrogens is 464 g/mol. The molecule has 3 amide bonds. The van der Waals surface area contributed by atoms with E-state index in [0.29, 0.717) is 18.0 Å². The van der Waals surface area contributed by atoms with Crippen LogP contribution in [0.3, 0.4) is 0 Å². The number of benzene rings is 1. The van der Waals surface area contributed by atoms with Crippen molar-refractivity contribution in [3.63, 3.8) is 0 Å². The Hall–Kier alpha value is -3.85. The number of aromatic nitrogens is 2. The van der Waals surface area contributed by atoms with E-state index in [1.807, 2.05) is 50.5 Å². The van der Waals surface area contributed by atoms with Gasteiger partial charge in [-0.25, -0.2) is 4.98 Å². The number of nitrogens with one attached hydrogen (secondary N) is 1. The average molecular weight is 491 g/mol. The van der Waals surface area contributed by atoms with Gasteiger partial charge in [0.15, 0.2) is 0 Å². The molecule has 0 radical (unpaired) electrons. The number of hydrogen-bond acceptors (Lipinski definition) is 6. The summed E-state index contributed by atoms with van der Waals surface area (Å²) in [5.74, 6) is 0.541. The normalized spacial score (nSPS) is 14.6. The van der Waals surface area contributed by atoms with Gasteiger partial charge in [-0.3, -0.25) is 19.3 Å². The molecule has 2 aromatic heterocycles. The summed E-state index contributed by atoms with van der Waals surface area (Å²) in [6.45, 7) is 7.98. The van der Waals surface area contributed by atoms with Gasteiger partial charge in [-0.15, -0.1) is 0 Å². The number of amides is 3. The number of ether oxygens (including phenoxy) is 1. The van der Waals surface area contributed by atoms with Crippen molar-refractivity contribution in [3.05, 3.63) is 76.1 Å². The molecule has 1 aromatic carbocycles. The molecule has 0 atom stereocenters. The van der Waals surface area contributed by atoms with Crippen LogP contribution >= 0.6 is 11.8 Å². The first-order valence-corrected chi connectivity index (χ1v) is 12.0. The van der Waals surface area contributed by atoms with Crippen LogP contribution in [-0.4, -0.2) is 44.7 Å². The van der Waals surface area contributed by atoms with Crippen LogP contribution in [0.4, 0.5) is 10.5 Å². The Kier molecular flexibility index (Phi) is 7.07. The first kappa shape index (κ1) is 24.3. The average Bonchev–Trinajstić information content (AvgIpc) is 3.24. The summed E-state index contributed by atoms with van der Waals surface area (Å²) in [5, 5.41) is 2.23. The molecule has 1 aliphatic rings. The number of hydrogen-bond donors (Lipinski definition) is 1. The van der Waals surface area contributed by atoms with E-state index >= 15 is 0 Å². The van der Waals surface area contributed by atoms with Crippen molar-refractivity contribution in [1.29, 1.82) is 0 Å². The van der Waals surface area contributed by atoms with Crippen molar-refractivity contribution in [2.24, 2.45) is 0 Å². The van der Waals surface area contributed by atoms with Crippen LogP contribution < -0.4 is 10.1 Å². The van der Waals surface area contributed by atoms with E-state index in [2.05, 4.69) is 10.3 Å². The topological polar surface area (TPSA) is 93.5 Å². The Morgan fingerprint density at radius 3 is 2.54 bits per heavy atom. The predicted octanol–water partition coefficient (Wildman–Crippen LogP) is 4.87. The molecule has 3 aromatic rings. The molecule has 3 heterocycles. The Labute approximate surface area is 208 Å². The summed E-state index contributed by atoms with van der Waals surface area (Å²) < 4.78 is 7.39. The lowest BCUT2D eigenvalue weighted by atomic mass is 10.2. The van der Waals surface area contributed by atoms with E-state index in [-0.39, 0.29) is 11.4 Å². The monoisotopic (exact) mass is 490 g/mol. The molecule has 1 fully saturated rings. The van der Waals surface area contributed by atoms with Gasteiger partial charge in [0.25, 0.3) is 11.1 Å². The molecule has 0 saturated carbocycles. The minimum Gasteiger partial charge on any atom is -0.494 e. The Morgan fingerprint density at radius 1 is 1.11 bits per heavy atom. The van der Waals surface area contributed by atoms with Crippen LogP contribution in [0.5, 0.6) is 5.75 Å². The second-order valence-electron chi connectivity index (χ2n) is 8.13. The van der Waals surface area contributed by atoms with Crippen molar-refractivity contribution in [2.45, 2.75) is 27.7 Å². The minimum atomic E-state index is -0.486. The van der Waals surface area contributed by atoms with E-state index < -0.39 is 17.1 Å². The molecule has 0 spiro atoms. The van der Waals surface area contributed by atoms with Crippen LogP contribution in [-0.2, 0) is 9.59 Å². The molecular formula is C26H26N4O4S. The van der Waals surface area contributed by atoms with Gasteiger partial charge in [0, 0.05) is 23.3 Å². The van der Waals surface area contributed by atoms with Crippen LogP contribution in [0, 0.1) is 20.8 Å². The van der Waals surface area contributed by atoms with Crippen LogP contribution in [0.25, 0.3) is 11.9 Å². The Bertz CT molecular complexity index is 1330. The molecule has 35 heavy (non-hydrogen) atoms. The van der Waals surface area contributed by atoms with Gasteiger partial charge in [-0.05, 0) is 99.1 Å². The quantitative estimate of drug-likeness (QED) is 0.475. The zero-order valence-corrected chi connectivity index (χ0v) is 20.8. The van der Waals surface area contributed by atoms with Gasteiger partial charge >= 0.3 is 0 Å². The van der Waals surface area contributed by atoms with Gasteiger partial charge in [0.05, 0.1) is 11.5 Å². The number of aryl methyl sites for hydroxylation is 2. The van der Waals surface area contributed by atoms with Gasteiger partial charge < -0.3 is 14.6 Å². The fraction of sp³-hybridized carbons (Fsp3) is 0.231. The predicted molar refractivity (Wildman–Crippen MR) is 137 cm³/mol. The summed E-state index contributed by atoms with van der Waals surface area (Å²) in [4.78, 5) is 43.7. The van der Waals surface area contributed by atoms with E-state index in [1.165, 1.54) is 0 Å². The molecule has 0 aliphatic carbocycles. The number of carbonyl (C=O) groups excluding carboxylic acids is 3. The Morgan fingerprint density at radius 2 is 1.86 bits per heavy atom. The third kappa shape index (κ3) is 5.30. The molecule has 8 nitrogen and oxygen atoms in total. The fourth-order valence-electron chi connectivity index (χ4n) is 3.85. The Balaban J connectivity index is 1.48. The number of imide groups is 1. The second kappa shape index (κ2) is 10.2. The highest BCUT2D eigenvalue weighted by atomic mass is 32.2. The number of rotatable bonds is 7. The zero-order chi connectivity index (χ0) is 25.1. The highest BCUT2D eigenvalue weighted by Crippen LogP contribution is 2.33. The summed E-state index contributed by atoms with van der Waals surface area (Å²) >= 11 is 0.832. The highest BCUT2D eigenvalue weighted by molar-refractivity contribution is 8.18. The lowest BCUT2D eigenvalue weighted by Crippen LogP contribution is -2.36. The second-order valence-corrected chi connectivity index (χ2v) is 9.12. The fourth-order valence-corrected chi connectivity index (χ4v) is 4.68. The van der Waals surface area contributed by atoms with Crippen molar-refractivity contribution in [1.82, 2.24) is 14.5 Å². The summed E-state index contributed by atoms with van der Waals surface area (Å²) in [5.41, 5.74) is 4.32. The highest BCUT2D eigenvalue weighted by Gasteiger charge is 2.36. The molecule has 9 heteroatoms. The maximum absolute atomic E-state index is 12.9. The molecule has 1 saturated heterocycles. The molecule has 180 valence electrons. The van der Waals surface area contributed by atoms with Crippen molar-refractivity contribution in [2.75, 3.05) is 18.5 Å². The van der Waals surface area contributed by atoms with Crippen molar-refractivity contribution >= 4 is 40.6 Å². The largest absolute Gasteiger partial charge is 0.494 e. The van der Waals surface area contributed by atoms with Crippen LogP contribution in [0.15, 0.2) is 53.6 Å². The van der Waals surface area contributed by atoms with Crippen LogP contribution in [0.1, 0.15) is 29.4 Å². The minimum absolute atomic E-state index is 0.279. The number of thioether (sulfide) groups is 1. The third-order valence-electron chi connectivity index (χ3n) is 5.51. The zero-order valence-electron chi connectivity index (χ0n) is 20.0. The van der Waals surface area contributed by atoms with E-state index in [0.717, 1.165) is 45.0 Å². The van der Waals surface area contributed by atoms with Crippen molar-refractivity contribution < 1.29 is 19.1 Å². The smallest absolute Gasteiger partial charge is 0.294 e. The van der Waals surface area contributed by atoms with E-state index in [1.54, 1.807) is 36.5 Å². The maximum atomic E-state index is 12.9. The van der Waals surface area contributed by atoms with Gasteiger partial charge in [-0.1, -0.05) is 0 Å². The van der Waals surface area contributed by atoms with Gasteiger partial charge in [0.2, 0.25) is 5.91 Å². The number of anilines is 1. The standard InChI is InChI=1S/C26H26N4O4S/c1-5-34-21-8-6-20(7-9-21)28-24(31)15-29-25(32)22(35-26(29)33)14-19-13-17(3)30(18(19)4)23-12-16(2)10-11-27-23/h6-14H,5,15H2,1-4H3,(H,28,31). The molecule has 1 aliphatic heterocycles. The molecule has 0 bridgehead atoms. The van der Waals surface area contributed by atoms with E-state index in [9.17, 15) is 14.4 Å².